The quantitative estimate of drug-likeness (QED) is 0.170. The van der Waals surface area contributed by atoms with Gasteiger partial charge < -0.3 is 19.6 Å². The number of benzene rings is 1. The third-order valence-corrected chi connectivity index (χ3v) is 6.64. The Bertz CT molecular complexity index is 950. The van der Waals surface area contributed by atoms with Crippen molar-refractivity contribution in [3.8, 4) is 0 Å². The van der Waals surface area contributed by atoms with Crippen molar-refractivity contribution in [3.63, 3.8) is 0 Å². The molecule has 12 nitrogen and oxygen atoms in total. The Morgan fingerprint density at radius 3 is 1.84 bits per heavy atom. The predicted octanol–water partition coefficient (Wildman–Crippen LogP) is 4.39. The van der Waals surface area contributed by atoms with Gasteiger partial charge in [0.05, 0.1) is 17.0 Å². The number of esters is 2. The van der Waals surface area contributed by atoms with E-state index < -0.39 is 56.0 Å². The zero-order valence-corrected chi connectivity index (χ0v) is 24.0. The lowest BCUT2D eigenvalue weighted by Gasteiger charge is -2.22. The molecule has 1 N–H and O–H groups in total. The summed E-state index contributed by atoms with van der Waals surface area (Å²) in [7, 11) is -2.67. The van der Waals surface area contributed by atoms with Gasteiger partial charge in [-0.1, -0.05) is 30.3 Å². The van der Waals surface area contributed by atoms with Crippen molar-refractivity contribution in [2.24, 2.45) is 10.8 Å². The molecule has 2 amide bonds. The molecule has 0 spiro atoms. The highest BCUT2D eigenvalue weighted by atomic mass is 31.2. The van der Waals surface area contributed by atoms with Gasteiger partial charge in [-0.2, -0.15) is 5.06 Å². The number of nitrogens with zero attached hydrogens (tertiary/aromatic N) is 1. The molecule has 0 fully saturated rings. The number of amides is 2. The molecular weight excluding hydrogens is 519 g/mol. The second-order valence-electron chi connectivity index (χ2n) is 10.4. The molecule has 0 bridgehead atoms. The van der Waals surface area contributed by atoms with E-state index in [0.717, 1.165) is 10.6 Å². The first-order chi connectivity index (χ1) is 17.5. The maximum Gasteiger partial charge on any atom is 0.431 e. The summed E-state index contributed by atoms with van der Waals surface area (Å²) in [6, 6.07) is 9.15. The second-order valence-corrected chi connectivity index (χ2v) is 12.6. The van der Waals surface area contributed by atoms with Gasteiger partial charge in [-0.3, -0.25) is 28.0 Å². The summed E-state index contributed by atoms with van der Waals surface area (Å²) >= 11 is 0. The van der Waals surface area contributed by atoms with E-state index in [-0.39, 0.29) is 25.5 Å². The highest BCUT2D eigenvalue weighted by Gasteiger charge is 2.30. The molecule has 0 aliphatic carbocycles. The number of rotatable bonds is 12. The highest BCUT2D eigenvalue weighted by Crippen LogP contribution is 2.49. The fraction of sp³-hybridized carbons (Fsp3) is 0.600. The molecular formula is C25H39N2O10P. The first kappa shape index (κ1) is 33.1. The monoisotopic (exact) mass is 558 g/mol. The van der Waals surface area contributed by atoms with Crippen molar-refractivity contribution in [3.05, 3.63) is 35.9 Å². The molecule has 0 radical (unpaired) electrons. The van der Waals surface area contributed by atoms with Crippen LogP contribution in [0.25, 0.3) is 0 Å². The van der Waals surface area contributed by atoms with Crippen LogP contribution in [0.1, 0.15) is 59.9 Å². The number of ether oxygens (including phenoxy) is 2. The van der Waals surface area contributed by atoms with E-state index in [1.165, 1.54) is 7.05 Å². The van der Waals surface area contributed by atoms with Crippen LogP contribution >= 0.6 is 7.60 Å². The Labute approximate surface area is 223 Å². The Morgan fingerprint density at radius 2 is 1.37 bits per heavy atom. The normalized spacial score (nSPS) is 11.9. The fourth-order valence-electron chi connectivity index (χ4n) is 2.48. The van der Waals surface area contributed by atoms with Crippen molar-refractivity contribution in [2.45, 2.75) is 60.9 Å². The van der Waals surface area contributed by atoms with Crippen LogP contribution < -0.4 is 5.32 Å². The minimum atomic E-state index is -3.94. The molecule has 0 atom stereocenters. The highest BCUT2D eigenvalue weighted by molar-refractivity contribution is 7.53. The SMILES string of the molecule is CN(OC(=O)NCc1ccccc1)C(=O)CCCP(=O)(OCOC(=O)C(C)(C)C)OCOC(=O)C(C)(C)C. The molecule has 13 heteroatoms. The van der Waals surface area contributed by atoms with Gasteiger partial charge in [0, 0.05) is 20.0 Å². The minimum Gasteiger partial charge on any atom is -0.438 e. The Hall–Kier alpha value is -2.95. The molecule has 0 aliphatic rings. The fourth-order valence-corrected chi connectivity index (χ4v) is 3.78. The Kier molecular flexibility index (Phi) is 12.9. The topological polar surface area (TPSA) is 147 Å². The van der Waals surface area contributed by atoms with E-state index in [1.807, 2.05) is 30.3 Å². The molecule has 214 valence electrons. The molecule has 0 aromatic heterocycles. The third-order valence-electron chi connectivity index (χ3n) is 4.78. The zero-order valence-electron chi connectivity index (χ0n) is 23.1. The van der Waals surface area contributed by atoms with Crippen LogP contribution in [0.15, 0.2) is 30.3 Å². The summed E-state index contributed by atoms with van der Waals surface area (Å²) in [5.74, 6) is -1.73. The first-order valence-electron chi connectivity index (χ1n) is 12.0. The number of hydrogen-bond acceptors (Lipinski definition) is 10. The van der Waals surface area contributed by atoms with Gasteiger partial charge in [0.15, 0.2) is 0 Å². The zero-order chi connectivity index (χ0) is 29.0. The van der Waals surface area contributed by atoms with Crippen LogP contribution in [0, 0.1) is 10.8 Å². The average molecular weight is 559 g/mol. The molecule has 1 rings (SSSR count). The lowest BCUT2D eigenvalue weighted by molar-refractivity contribution is -0.162. The van der Waals surface area contributed by atoms with E-state index >= 15 is 0 Å². The average Bonchev–Trinajstić information content (AvgIpc) is 2.82. The van der Waals surface area contributed by atoms with Gasteiger partial charge in [0.25, 0.3) is 5.91 Å². The van der Waals surface area contributed by atoms with Gasteiger partial charge in [-0.15, -0.1) is 0 Å². The van der Waals surface area contributed by atoms with Crippen molar-refractivity contribution in [2.75, 3.05) is 26.8 Å². The van der Waals surface area contributed by atoms with Crippen LogP contribution in [0.4, 0.5) is 4.79 Å². The van der Waals surface area contributed by atoms with Gasteiger partial charge in [-0.25, -0.2) is 4.79 Å². The van der Waals surface area contributed by atoms with Crippen LogP contribution in [0.5, 0.6) is 0 Å². The third kappa shape index (κ3) is 13.0. The van der Waals surface area contributed by atoms with Crippen molar-refractivity contribution in [1.82, 2.24) is 10.4 Å². The molecule has 0 saturated carbocycles. The van der Waals surface area contributed by atoms with Crippen molar-refractivity contribution in [1.29, 1.82) is 0 Å². The maximum absolute atomic E-state index is 13.2. The summed E-state index contributed by atoms with van der Waals surface area (Å²) in [6.45, 7) is 8.77. The van der Waals surface area contributed by atoms with Crippen LogP contribution in [-0.4, -0.2) is 55.8 Å². The van der Waals surface area contributed by atoms with E-state index in [2.05, 4.69) is 5.32 Å². The van der Waals surface area contributed by atoms with E-state index in [9.17, 15) is 23.7 Å². The van der Waals surface area contributed by atoms with Crippen LogP contribution in [0.3, 0.4) is 0 Å². The molecule has 38 heavy (non-hydrogen) atoms. The van der Waals surface area contributed by atoms with E-state index in [1.54, 1.807) is 41.5 Å². The summed E-state index contributed by atoms with van der Waals surface area (Å²) < 4.78 is 33.6. The lowest BCUT2D eigenvalue weighted by Crippen LogP contribution is -2.35. The molecule has 0 heterocycles. The van der Waals surface area contributed by atoms with Crippen molar-refractivity contribution >= 4 is 31.5 Å². The van der Waals surface area contributed by atoms with Gasteiger partial charge >= 0.3 is 25.6 Å². The number of carbonyl (C=O) groups excluding carboxylic acids is 4. The lowest BCUT2D eigenvalue weighted by atomic mass is 9.98. The van der Waals surface area contributed by atoms with E-state index in [0.29, 0.717) is 0 Å². The summed E-state index contributed by atoms with van der Waals surface area (Å²) in [5, 5.41) is 3.30. The Balaban J connectivity index is 2.60. The second kappa shape index (κ2) is 14.8. The smallest absolute Gasteiger partial charge is 0.431 e. The standard InChI is InChI=1S/C25H39N2O10P/c1-24(2,3)21(29)33-17-35-38(32,36-18-34-22(30)25(4,5)6)15-11-14-20(28)27(7)37-23(31)26-16-19-12-9-8-10-13-19/h8-10,12-13H,11,14-18H2,1-7H3,(H,26,31). The summed E-state index contributed by atoms with van der Waals surface area (Å²) in [6.07, 6.45) is -1.23. The number of hydrogen-bond donors (Lipinski definition) is 1. The maximum atomic E-state index is 13.2. The minimum absolute atomic E-state index is 0.00980. The van der Waals surface area contributed by atoms with Gasteiger partial charge in [0.1, 0.15) is 0 Å². The van der Waals surface area contributed by atoms with Crippen molar-refractivity contribution < 1.29 is 47.1 Å². The molecule has 0 saturated heterocycles. The number of hydroxylamine groups is 2. The summed E-state index contributed by atoms with van der Waals surface area (Å²) in [4.78, 5) is 53.2. The molecule has 0 unspecified atom stereocenters. The molecule has 0 aliphatic heterocycles. The first-order valence-corrected chi connectivity index (χ1v) is 13.8. The van der Waals surface area contributed by atoms with Crippen LogP contribution in [0.2, 0.25) is 0 Å². The number of nitrogens with one attached hydrogen (secondary N) is 1. The van der Waals surface area contributed by atoms with Gasteiger partial charge in [0.2, 0.25) is 13.6 Å². The molecule has 1 aromatic rings. The van der Waals surface area contributed by atoms with Gasteiger partial charge in [-0.05, 0) is 53.5 Å². The Morgan fingerprint density at radius 1 is 0.868 bits per heavy atom. The van der Waals surface area contributed by atoms with Crippen LogP contribution in [-0.2, 0) is 48.9 Å². The number of carbonyl (C=O) groups is 4. The predicted molar refractivity (Wildman–Crippen MR) is 137 cm³/mol. The largest absolute Gasteiger partial charge is 0.438 e. The van der Waals surface area contributed by atoms with E-state index in [4.69, 9.17) is 23.4 Å². The summed E-state index contributed by atoms with van der Waals surface area (Å²) in [5.41, 5.74) is -0.752. The molecule has 1 aromatic carbocycles.